The molecule has 1 aliphatic heterocycles. The molecule has 6 nitrogen and oxygen atoms in total. The van der Waals surface area contributed by atoms with Crippen LogP contribution in [0.5, 0.6) is 0 Å². The summed E-state index contributed by atoms with van der Waals surface area (Å²) in [7, 11) is -3.45. The summed E-state index contributed by atoms with van der Waals surface area (Å²) in [6.07, 6.45) is 1.56. The molecule has 1 atom stereocenters. The van der Waals surface area contributed by atoms with E-state index in [1.54, 1.807) is 24.3 Å². The molecule has 1 heterocycles. The second kappa shape index (κ2) is 7.93. The second-order valence-electron chi connectivity index (χ2n) is 7.08. The molecule has 1 N–H and O–H groups in total. The second-order valence-corrected chi connectivity index (χ2v) is 9.26. The maximum absolute atomic E-state index is 12.8. The third kappa shape index (κ3) is 4.54. The Kier molecular flexibility index (Phi) is 5.76. The number of amides is 1. The van der Waals surface area contributed by atoms with E-state index < -0.39 is 10.0 Å². The van der Waals surface area contributed by atoms with Crippen molar-refractivity contribution < 1.29 is 13.2 Å². The SMILES string of the molecule is CC(C)C(=O)N1N=C(c2ccccc2NS(C)(=O)=O)C[C@@H]1c1cccc(Cl)c1. The van der Waals surface area contributed by atoms with Gasteiger partial charge in [0.2, 0.25) is 15.9 Å². The molecule has 8 heteroatoms. The molecule has 148 valence electrons. The lowest BCUT2D eigenvalue weighted by Gasteiger charge is -2.23. The average molecular weight is 420 g/mol. The topological polar surface area (TPSA) is 78.8 Å². The largest absolute Gasteiger partial charge is 0.283 e. The number of para-hydroxylation sites is 1. The molecule has 2 aromatic rings. The minimum atomic E-state index is -3.45. The number of anilines is 1. The van der Waals surface area contributed by atoms with Crippen molar-refractivity contribution in [3.05, 3.63) is 64.7 Å². The summed E-state index contributed by atoms with van der Waals surface area (Å²) in [6.45, 7) is 3.65. The van der Waals surface area contributed by atoms with Gasteiger partial charge in [0.25, 0.3) is 0 Å². The van der Waals surface area contributed by atoms with Gasteiger partial charge in [-0.1, -0.05) is 55.8 Å². The maximum Gasteiger partial charge on any atom is 0.245 e. The Morgan fingerprint density at radius 3 is 2.57 bits per heavy atom. The van der Waals surface area contributed by atoms with Crippen LogP contribution in [0, 0.1) is 5.92 Å². The minimum absolute atomic E-state index is 0.103. The van der Waals surface area contributed by atoms with E-state index in [0.29, 0.717) is 28.4 Å². The molecule has 1 amide bonds. The fourth-order valence-electron chi connectivity index (χ4n) is 3.14. The molecule has 0 radical (unpaired) electrons. The van der Waals surface area contributed by atoms with Crippen molar-refractivity contribution in [3.63, 3.8) is 0 Å². The number of carbonyl (C=O) groups is 1. The fourth-order valence-corrected chi connectivity index (χ4v) is 3.91. The summed E-state index contributed by atoms with van der Waals surface area (Å²) >= 11 is 6.15. The van der Waals surface area contributed by atoms with Crippen LogP contribution in [0.15, 0.2) is 53.6 Å². The number of benzene rings is 2. The highest BCUT2D eigenvalue weighted by Crippen LogP contribution is 2.36. The van der Waals surface area contributed by atoms with E-state index >= 15 is 0 Å². The van der Waals surface area contributed by atoms with Gasteiger partial charge in [0.15, 0.2) is 0 Å². The zero-order valence-corrected chi connectivity index (χ0v) is 17.5. The van der Waals surface area contributed by atoms with Crippen molar-refractivity contribution >= 4 is 38.9 Å². The number of nitrogens with zero attached hydrogens (tertiary/aromatic N) is 2. The third-order valence-corrected chi connectivity index (χ3v) is 5.22. The number of hydrogen-bond donors (Lipinski definition) is 1. The summed E-state index contributed by atoms with van der Waals surface area (Å²) in [4.78, 5) is 12.8. The molecule has 0 saturated carbocycles. The first-order valence-corrected chi connectivity index (χ1v) is 11.2. The van der Waals surface area contributed by atoms with Crippen molar-refractivity contribution in [1.82, 2.24) is 5.01 Å². The molecule has 0 aliphatic carbocycles. The van der Waals surface area contributed by atoms with Crippen LogP contribution in [-0.2, 0) is 14.8 Å². The lowest BCUT2D eigenvalue weighted by Crippen LogP contribution is -2.30. The Morgan fingerprint density at radius 2 is 1.93 bits per heavy atom. The Morgan fingerprint density at radius 1 is 1.21 bits per heavy atom. The number of hydrazone groups is 1. The molecule has 2 aromatic carbocycles. The first-order chi connectivity index (χ1) is 13.2. The molecule has 0 aromatic heterocycles. The Balaban J connectivity index is 2.04. The van der Waals surface area contributed by atoms with Gasteiger partial charge in [-0.15, -0.1) is 0 Å². The molecule has 1 aliphatic rings. The normalized spacial score (nSPS) is 17.0. The van der Waals surface area contributed by atoms with Gasteiger partial charge < -0.3 is 0 Å². The van der Waals surface area contributed by atoms with Crippen LogP contribution < -0.4 is 4.72 Å². The zero-order valence-electron chi connectivity index (χ0n) is 15.9. The lowest BCUT2D eigenvalue weighted by molar-refractivity contribution is -0.136. The van der Waals surface area contributed by atoms with E-state index in [0.717, 1.165) is 11.8 Å². The quantitative estimate of drug-likeness (QED) is 0.794. The first kappa shape index (κ1) is 20.4. The highest BCUT2D eigenvalue weighted by molar-refractivity contribution is 7.92. The zero-order chi connectivity index (χ0) is 20.5. The molecule has 28 heavy (non-hydrogen) atoms. The Bertz CT molecular complexity index is 1030. The van der Waals surface area contributed by atoms with E-state index in [1.807, 2.05) is 38.1 Å². The summed E-state index contributed by atoms with van der Waals surface area (Å²) in [5.41, 5.74) is 2.62. The van der Waals surface area contributed by atoms with Gasteiger partial charge in [0.05, 0.1) is 23.7 Å². The highest BCUT2D eigenvalue weighted by atomic mass is 35.5. The van der Waals surface area contributed by atoms with Crippen LogP contribution in [0.1, 0.15) is 37.4 Å². The van der Waals surface area contributed by atoms with Crippen LogP contribution in [0.2, 0.25) is 5.02 Å². The molecular weight excluding hydrogens is 398 g/mol. The van der Waals surface area contributed by atoms with Crippen LogP contribution in [0.3, 0.4) is 0 Å². The van der Waals surface area contributed by atoms with E-state index in [-0.39, 0.29) is 17.9 Å². The van der Waals surface area contributed by atoms with Gasteiger partial charge in [-0.05, 0) is 23.8 Å². The average Bonchev–Trinajstić information content (AvgIpc) is 3.05. The summed E-state index contributed by atoms with van der Waals surface area (Å²) < 4.78 is 26.0. The molecule has 0 saturated heterocycles. The van der Waals surface area contributed by atoms with E-state index in [9.17, 15) is 13.2 Å². The number of rotatable bonds is 5. The number of carbonyl (C=O) groups excluding carboxylic acids is 1. The smallest absolute Gasteiger partial charge is 0.245 e. The Labute approximate surface area is 170 Å². The van der Waals surface area contributed by atoms with Crippen molar-refractivity contribution in [2.75, 3.05) is 11.0 Å². The van der Waals surface area contributed by atoms with Crippen molar-refractivity contribution in [1.29, 1.82) is 0 Å². The standard InChI is InChI=1S/C20H22ClN3O3S/c1-13(2)20(25)24-19(14-7-6-8-15(21)11-14)12-18(22-24)16-9-4-5-10-17(16)23-28(3,26)27/h4-11,13,19,23H,12H2,1-3H3/t19-/m1/s1. The first-order valence-electron chi connectivity index (χ1n) is 8.89. The van der Waals surface area contributed by atoms with Crippen LogP contribution in [-0.4, -0.2) is 31.3 Å². The predicted molar refractivity (Wildman–Crippen MR) is 112 cm³/mol. The summed E-state index contributed by atoms with van der Waals surface area (Å²) in [5.74, 6) is -0.331. The molecule has 3 rings (SSSR count). The number of hydrogen-bond acceptors (Lipinski definition) is 4. The maximum atomic E-state index is 12.8. The predicted octanol–water partition coefficient (Wildman–Crippen LogP) is 4.05. The fraction of sp³-hybridized carbons (Fsp3) is 0.300. The van der Waals surface area contributed by atoms with Gasteiger partial charge in [-0.3, -0.25) is 9.52 Å². The lowest BCUT2D eigenvalue weighted by atomic mass is 9.97. The van der Waals surface area contributed by atoms with Crippen molar-refractivity contribution in [3.8, 4) is 0 Å². The van der Waals surface area contributed by atoms with Gasteiger partial charge in [0.1, 0.15) is 0 Å². The van der Waals surface area contributed by atoms with Crippen molar-refractivity contribution in [2.45, 2.75) is 26.3 Å². The van der Waals surface area contributed by atoms with E-state index in [2.05, 4.69) is 9.82 Å². The molecule has 0 spiro atoms. The van der Waals surface area contributed by atoms with Gasteiger partial charge in [-0.2, -0.15) is 5.10 Å². The Hall–Kier alpha value is -2.38. The monoisotopic (exact) mass is 419 g/mol. The third-order valence-electron chi connectivity index (χ3n) is 4.40. The van der Waals surface area contributed by atoms with Gasteiger partial charge in [-0.25, -0.2) is 13.4 Å². The number of halogens is 1. The van der Waals surface area contributed by atoms with Gasteiger partial charge in [0, 0.05) is 22.9 Å². The summed E-state index contributed by atoms with van der Waals surface area (Å²) in [5, 5.41) is 6.65. The molecule has 0 unspecified atom stereocenters. The minimum Gasteiger partial charge on any atom is -0.283 e. The highest BCUT2D eigenvalue weighted by Gasteiger charge is 2.34. The van der Waals surface area contributed by atoms with E-state index in [1.165, 1.54) is 5.01 Å². The molecule has 0 fully saturated rings. The number of sulfonamides is 1. The van der Waals surface area contributed by atoms with Crippen LogP contribution in [0.4, 0.5) is 5.69 Å². The molecule has 0 bridgehead atoms. The van der Waals surface area contributed by atoms with E-state index in [4.69, 9.17) is 11.6 Å². The van der Waals surface area contributed by atoms with Crippen molar-refractivity contribution in [2.24, 2.45) is 11.0 Å². The molecular formula is C20H22ClN3O3S. The van der Waals surface area contributed by atoms with Crippen LogP contribution >= 0.6 is 11.6 Å². The van der Waals surface area contributed by atoms with Gasteiger partial charge >= 0.3 is 0 Å². The number of nitrogens with one attached hydrogen (secondary N) is 1. The van der Waals surface area contributed by atoms with Crippen LogP contribution in [0.25, 0.3) is 0 Å². The summed E-state index contributed by atoms with van der Waals surface area (Å²) in [6, 6.07) is 14.1.